The van der Waals surface area contributed by atoms with Gasteiger partial charge in [0.15, 0.2) is 4.34 Å². The van der Waals surface area contributed by atoms with Crippen LogP contribution in [0.25, 0.3) is 0 Å². The predicted octanol–water partition coefficient (Wildman–Crippen LogP) is 4.36. The molecule has 0 radical (unpaired) electrons. The number of carbonyl (C=O) groups is 2. The van der Waals surface area contributed by atoms with Gasteiger partial charge in [0.25, 0.3) is 5.91 Å². The van der Waals surface area contributed by atoms with Crippen molar-refractivity contribution in [3.8, 4) is 11.5 Å². The number of anilines is 2. The van der Waals surface area contributed by atoms with Gasteiger partial charge < -0.3 is 14.8 Å². The van der Waals surface area contributed by atoms with Crippen molar-refractivity contribution < 1.29 is 27.5 Å². The lowest BCUT2D eigenvalue weighted by molar-refractivity contribution is -0.113. The molecule has 1 aromatic heterocycles. The van der Waals surface area contributed by atoms with E-state index in [0.717, 1.165) is 21.2 Å². The number of benzene rings is 3. The van der Waals surface area contributed by atoms with Crippen LogP contribution in [0.1, 0.15) is 15.9 Å². The van der Waals surface area contributed by atoms with Gasteiger partial charge in [-0.1, -0.05) is 47.4 Å². The zero-order chi connectivity index (χ0) is 29.4. The van der Waals surface area contributed by atoms with E-state index in [1.54, 1.807) is 54.6 Å². The zero-order valence-electron chi connectivity index (χ0n) is 22.4. The van der Waals surface area contributed by atoms with Gasteiger partial charge in [0.1, 0.15) is 18.1 Å². The lowest BCUT2D eigenvalue weighted by atomic mass is 10.2. The predicted molar refractivity (Wildman–Crippen MR) is 158 cm³/mol. The second-order valence-electron chi connectivity index (χ2n) is 8.61. The van der Waals surface area contributed by atoms with Crippen LogP contribution in [-0.4, -0.2) is 61.7 Å². The van der Waals surface area contributed by atoms with Crippen LogP contribution in [0, 0.1) is 0 Å². The number of hydrogen-bond acceptors (Lipinski definition) is 10. The van der Waals surface area contributed by atoms with Gasteiger partial charge in [-0.2, -0.15) is 0 Å². The Hall–Kier alpha value is -3.98. The number of nitrogens with one attached hydrogen (secondary N) is 2. The highest BCUT2D eigenvalue weighted by molar-refractivity contribution is 8.01. The second-order valence-corrected chi connectivity index (χ2v) is 13.0. The Morgan fingerprint density at radius 3 is 2.34 bits per heavy atom. The van der Waals surface area contributed by atoms with Crippen molar-refractivity contribution >= 4 is 55.8 Å². The maximum atomic E-state index is 12.7. The molecule has 0 aliphatic carbocycles. The van der Waals surface area contributed by atoms with Crippen LogP contribution in [0.15, 0.2) is 82.0 Å². The molecule has 0 saturated heterocycles. The van der Waals surface area contributed by atoms with Crippen LogP contribution in [0.4, 0.5) is 10.8 Å². The molecule has 0 atom stereocenters. The first kappa shape index (κ1) is 30.0. The lowest BCUT2D eigenvalue weighted by Gasteiger charge is -2.12. The third-order valence-corrected chi connectivity index (χ3v) is 9.36. The molecule has 14 heteroatoms. The fourth-order valence-corrected chi connectivity index (χ4v) is 5.84. The van der Waals surface area contributed by atoms with Crippen LogP contribution < -0.4 is 20.1 Å². The largest absolute Gasteiger partial charge is 0.495 e. The molecule has 0 spiro atoms. The summed E-state index contributed by atoms with van der Waals surface area (Å²) in [4.78, 5) is 25.2. The SMILES string of the molecule is COc1ccccc1NC(=O)CSc1nnc(NC(=O)c2ccc(OCc3ccc(S(=O)(=O)N(C)C)cc3)cc2)s1. The fraction of sp³-hybridized carbons (Fsp3) is 0.185. The highest BCUT2D eigenvalue weighted by Gasteiger charge is 2.17. The molecule has 1 heterocycles. The van der Waals surface area contributed by atoms with Crippen molar-refractivity contribution in [1.82, 2.24) is 14.5 Å². The average Bonchev–Trinajstić information content (AvgIpc) is 3.42. The standard InChI is InChI=1S/C27H27N5O6S3/c1-32(2)41(35,36)21-14-8-18(9-15-21)16-38-20-12-10-19(11-13-20)25(34)29-26-30-31-27(40-26)39-17-24(33)28-22-6-4-5-7-23(22)37-3/h4-15H,16-17H2,1-3H3,(H,28,33)(H,29,30,34). The quantitative estimate of drug-likeness (QED) is 0.176. The Labute approximate surface area is 245 Å². The smallest absolute Gasteiger partial charge is 0.257 e. The molecule has 0 unspecified atom stereocenters. The molecule has 0 aliphatic heterocycles. The van der Waals surface area contributed by atoms with E-state index in [1.165, 1.54) is 45.1 Å². The van der Waals surface area contributed by atoms with Gasteiger partial charge in [-0.3, -0.25) is 14.9 Å². The molecule has 4 rings (SSSR count). The topological polar surface area (TPSA) is 140 Å². The van der Waals surface area contributed by atoms with Crippen molar-refractivity contribution in [1.29, 1.82) is 0 Å². The fourth-order valence-electron chi connectivity index (χ4n) is 3.39. The summed E-state index contributed by atoms with van der Waals surface area (Å²) in [6.07, 6.45) is 0. The van der Waals surface area contributed by atoms with Crippen LogP contribution in [0.2, 0.25) is 0 Å². The zero-order valence-corrected chi connectivity index (χ0v) is 24.8. The van der Waals surface area contributed by atoms with Crippen LogP contribution in [0.3, 0.4) is 0 Å². The highest BCUT2D eigenvalue weighted by atomic mass is 32.2. The van der Waals surface area contributed by atoms with Gasteiger partial charge in [-0.05, 0) is 54.1 Å². The third-order valence-electron chi connectivity index (χ3n) is 5.56. The molecule has 11 nitrogen and oxygen atoms in total. The summed E-state index contributed by atoms with van der Waals surface area (Å²) in [6, 6.07) is 20.2. The summed E-state index contributed by atoms with van der Waals surface area (Å²) < 4.78 is 37.1. The molecule has 41 heavy (non-hydrogen) atoms. The van der Waals surface area contributed by atoms with Crippen LogP contribution in [-0.2, 0) is 21.4 Å². The van der Waals surface area contributed by atoms with E-state index < -0.39 is 10.0 Å². The van der Waals surface area contributed by atoms with E-state index in [1.807, 2.05) is 6.07 Å². The van der Waals surface area contributed by atoms with Gasteiger partial charge in [-0.15, -0.1) is 10.2 Å². The Balaban J connectivity index is 1.25. The van der Waals surface area contributed by atoms with Gasteiger partial charge >= 0.3 is 0 Å². The number of methoxy groups -OCH3 is 1. The van der Waals surface area contributed by atoms with E-state index in [0.29, 0.717) is 32.2 Å². The number of para-hydroxylation sites is 2. The average molecular weight is 614 g/mol. The first-order valence-corrected chi connectivity index (χ1v) is 15.3. The molecular formula is C27H27N5O6S3. The molecule has 3 aromatic carbocycles. The minimum absolute atomic E-state index is 0.113. The third kappa shape index (κ3) is 8.04. The normalized spacial score (nSPS) is 11.2. The van der Waals surface area contributed by atoms with E-state index in [2.05, 4.69) is 20.8 Å². The summed E-state index contributed by atoms with van der Waals surface area (Å²) in [5.74, 6) is 0.637. The van der Waals surface area contributed by atoms with Crippen molar-refractivity contribution in [2.45, 2.75) is 15.8 Å². The Morgan fingerprint density at radius 1 is 0.951 bits per heavy atom. The van der Waals surface area contributed by atoms with Crippen LogP contribution >= 0.6 is 23.1 Å². The Kier molecular flexibility index (Phi) is 9.94. The minimum Gasteiger partial charge on any atom is -0.495 e. The van der Waals surface area contributed by atoms with Gasteiger partial charge in [0.05, 0.1) is 23.4 Å². The first-order valence-electron chi connectivity index (χ1n) is 12.1. The molecule has 0 bridgehead atoms. The number of thioether (sulfide) groups is 1. The van der Waals surface area contributed by atoms with Crippen LogP contribution in [0.5, 0.6) is 11.5 Å². The minimum atomic E-state index is -3.49. The summed E-state index contributed by atoms with van der Waals surface area (Å²) in [6.45, 7) is 0.232. The summed E-state index contributed by atoms with van der Waals surface area (Å²) in [7, 11) is 1.01. The first-order chi connectivity index (χ1) is 19.7. The molecular weight excluding hydrogens is 587 g/mol. The number of hydrogen-bond donors (Lipinski definition) is 2. The number of carbonyl (C=O) groups excluding carboxylic acids is 2. The molecule has 0 saturated carbocycles. The number of aromatic nitrogens is 2. The maximum Gasteiger partial charge on any atom is 0.257 e. The van der Waals surface area contributed by atoms with Gasteiger partial charge in [0, 0.05) is 19.7 Å². The number of rotatable bonds is 12. The number of ether oxygens (including phenoxy) is 2. The summed E-state index contributed by atoms with van der Waals surface area (Å²) >= 11 is 2.37. The summed E-state index contributed by atoms with van der Waals surface area (Å²) in [5.41, 5.74) is 1.78. The van der Waals surface area contributed by atoms with E-state index in [4.69, 9.17) is 9.47 Å². The highest BCUT2D eigenvalue weighted by Crippen LogP contribution is 2.27. The van der Waals surface area contributed by atoms with Crippen molar-refractivity contribution in [2.75, 3.05) is 37.6 Å². The lowest BCUT2D eigenvalue weighted by Crippen LogP contribution is -2.22. The van der Waals surface area contributed by atoms with E-state index in [-0.39, 0.29) is 29.1 Å². The molecule has 0 fully saturated rings. The monoisotopic (exact) mass is 613 g/mol. The van der Waals surface area contributed by atoms with Crippen molar-refractivity contribution in [3.05, 3.63) is 83.9 Å². The summed E-state index contributed by atoms with van der Waals surface area (Å²) in [5, 5.41) is 13.8. The molecule has 4 aromatic rings. The number of nitrogens with zero attached hydrogens (tertiary/aromatic N) is 3. The molecule has 2 N–H and O–H groups in total. The Morgan fingerprint density at radius 2 is 1.66 bits per heavy atom. The molecule has 0 aliphatic rings. The maximum absolute atomic E-state index is 12.7. The van der Waals surface area contributed by atoms with E-state index in [9.17, 15) is 18.0 Å². The van der Waals surface area contributed by atoms with Crippen molar-refractivity contribution in [3.63, 3.8) is 0 Å². The van der Waals surface area contributed by atoms with E-state index >= 15 is 0 Å². The number of amides is 2. The van der Waals surface area contributed by atoms with Crippen molar-refractivity contribution in [2.24, 2.45) is 0 Å². The second kappa shape index (κ2) is 13.6. The Bertz CT molecular complexity index is 1610. The number of sulfonamides is 1. The van der Waals surface area contributed by atoms with Gasteiger partial charge in [-0.25, -0.2) is 12.7 Å². The molecule has 2 amide bonds. The molecule has 214 valence electrons. The van der Waals surface area contributed by atoms with Gasteiger partial charge in [0.2, 0.25) is 21.1 Å².